The van der Waals surface area contributed by atoms with Gasteiger partial charge in [0.2, 0.25) is 11.9 Å². The lowest BCUT2D eigenvalue weighted by Crippen LogP contribution is -2.37. The second kappa shape index (κ2) is 9.75. The van der Waals surface area contributed by atoms with Gasteiger partial charge in [-0.15, -0.1) is 10.2 Å². The molecule has 1 N–H and O–H groups in total. The number of benzene rings is 2. The molecule has 0 saturated carbocycles. The van der Waals surface area contributed by atoms with Crippen LogP contribution in [0.15, 0.2) is 59.8 Å². The van der Waals surface area contributed by atoms with E-state index >= 15 is 0 Å². The summed E-state index contributed by atoms with van der Waals surface area (Å²) in [5.41, 5.74) is 3.58. The first-order valence-electron chi connectivity index (χ1n) is 11.1. The normalized spacial score (nSPS) is 18.2. The Morgan fingerprint density at radius 3 is 2.69 bits per heavy atom. The van der Waals surface area contributed by atoms with Crippen LogP contribution in [0.5, 0.6) is 0 Å². The largest absolute Gasteiger partial charge is 0.378 e. The predicted octanol–water partition coefficient (Wildman–Crippen LogP) is 3.39. The summed E-state index contributed by atoms with van der Waals surface area (Å²) in [4.78, 5) is 15.0. The molecule has 0 spiro atoms. The van der Waals surface area contributed by atoms with Gasteiger partial charge in [-0.25, -0.2) is 0 Å². The molecule has 2 aromatic carbocycles. The van der Waals surface area contributed by atoms with Crippen molar-refractivity contribution in [2.24, 2.45) is 0 Å². The SMILES string of the molecule is O=C(CSc1nnc(N2CCOCC2)n1-c1ccccc1)NC1CCCc2ccccc21. The number of hydrogen-bond donors (Lipinski definition) is 1. The Morgan fingerprint density at radius 1 is 1.06 bits per heavy atom. The molecule has 7 nitrogen and oxygen atoms in total. The number of fused-ring (bicyclic) bond motifs is 1. The van der Waals surface area contributed by atoms with Crippen LogP contribution in [-0.4, -0.2) is 52.7 Å². The molecule has 8 heteroatoms. The van der Waals surface area contributed by atoms with E-state index in [1.807, 2.05) is 41.0 Å². The molecule has 1 aliphatic heterocycles. The minimum atomic E-state index is 0.0206. The van der Waals surface area contributed by atoms with Crippen molar-refractivity contribution in [1.29, 1.82) is 0 Å². The van der Waals surface area contributed by atoms with Gasteiger partial charge in [-0.3, -0.25) is 9.36 Å². The molecule has 2 aliphatic rings. The minimum absolute atomic E-state index is 0.0206. The van der Waals surface area contributed by atoms with Crippen molar-refractivity contribution in [3.63, 3.8) is 0 Å². The average Bonchev–Trinajstić information content (AvgIpc) is 3.28. The number of aryl methyl sites for hydroxylation is 1. The third kappa shape index (κ3) is 4.52. The predicted molar refractivity (Wildman–Crippen MR) is 125 cm³/mol. The van der Waals surface area contributed by atoms with Crippen molar-refractivity contribution < 1.29 is 9.53 Å². The highest BCUT2D eigenvalue weighted by Gasteiger charge is 2.24. The monoisotopic (exact) mass is 449 g/mol. The fourth-order valence-corrected chi connectivity index (χ4v) is 5.16. The minimum Gasteiger partial charge on any atom is -0.378 e. The van der Waals surface area contributed by atoms with Crippen molar-refractivity contribution in [3.05, 3.63) is 65.7 Å². The van der Waals surface area contributed by atoms with Crippen molar-refractivity contribution >= 4 is 23.6 Å². The van der Waals surface area contributed by atoms with Crippen LogP contribution in [0.3, 0.4) is 0 Å². The molecular formula is C24H27N5O2S. The van der Waals surface area contributed by atoms with Gasteiger partial charge in [0.15, 0.2) is 5.16 Å². The van der Waals surface area contributed by atoms with Crippen molar-refractivity contribution in [1.82, 2.24) is 20.1 Å². The molecule has 1 aromatic heterocycles. The van der Waals surface area contributed by atoms with E-state index in [1.54, 1.807) is 0 Å². The lowest BCUT2D eigenvalue weighted by atomic mass is 9.88. The summed E-state index contributed by atoms with van der Waals surface area (Å²) in [5.74, 6) is 1.11. The summed E-state index contributed by atoms with van der Waals surface area (Å²) in [6, 6.07) is 18.6. The van der Waals surface area contributed by atoms with Gasteiger partial charge in [0.1, 0.15) is 0 Å². The number of thioether (sulfide) groups is 1. The van der Waals surface area contributed by atoms with E-state index in [9.17, 15) is 4.79 Å². The summed E-state index contributed by atoms with van der Waals surface area (Å²) in [5, 5.41) is 12.9. The summed E-state index contributed by atoms with van der Waals surface area (Å²) in [6.45, 7) is 2.90. The van der Waals surface area contributed by atoms with Gasteiger partial charge in [0.25, 0.3) is 0 Å². The van der Waals surface area contributed by atoms with Gasteiger partial charge in [0, 0.05) is 13.1 Å². The van der Waals surface area contributed by atoms with Gasteiger partial charge in [0.05, 0.1) is 30.7 Å². The van der Waals surface area contributed by atoms with Crippen LogP contribution >= 0.6 is 11.8 Å². The molecule has 1 fully saturated rings. The fraction of sp³-hybridized carbons (Fsp3) is 0.375. The highest BCUT2D eigenvalue weighted by molar-refractivity contribution is 7.99. The number of nitrogens with one attached hydrogen (secondary N) is 1. The Balaban J connectivity index is 1.31. The maximum Gasteiger partial charge on any atom is 0.232 e. The molecule has 3 aromatic rings. The number of para-hydroxylation sites is 1. The van der Waals surface area contributed by atoms with Gasteiger partial charge >= 0.3 is 0 Å². The topological polar surface area (TPSA) is 72.3 Å². The lowest BCUT2D eigenvalue weighted by molar-refractivity contribution is -0.119. The Morgan fingerprint density at radius 2 is 1.84 bits per heavy atom. The molecule has 0 bridgehead atoms. The zero-order chi connectivity index (χ0) is 21.8. The number of ether oxygens (including phenoxy) is 1. The van der Waals surface area contributed by atoms with E-state index in [1.165, 1.54) is 22.9 Å². The summed E-state index contributed by atoms with van der Waals surface area (Å²) >= 11 is 1.42. The van der Waals surface area contributed by atoms with Crippen LogP contribution in [-0.2, 0) is 16.0 Å². The number of carbonyl (C=O) groups is 1. The summed E-state index contributed by atoms with van der Waals surface area (Å²) in [7, 11) is 0. The van der Waals surface area contributed by atoms with Gasteiger partial charge in [-0.1, -0.05) is 54.2 Å². The van der Waals surface area contributed by atoms with Crippen molar-refractivity contribution in [2.45, 2.75) is 30.5 Å². The number of hydrogen-bond acceptors (Lipinski definition) is 6. The van der Waals surface area contributed by atoms with E-state index in [-0.39, 0.29) is 11.9 Å². The molecule has 1 aliphatic carbocycles. The molecule has 1 amide bonds. The van der Waals surface area contributed by atoms with Crippen LogP contribution in [0.2, 0.25) is 0 Å². The Kier molecular flexibility index (Phi) is 6.41. The lowest BCUT2D eigenvalue weighted by Gasteiger charge is -2.28. The van der Waals surface area contributed by atoms with E-state index < -0.39 is 0 Å². The number of carbonyl (C=O) groups excluding carboxylic acids is 1. The first-order chi connectivity index (χ1) is 15.8. The first kappa shape index (κ1) is 21.0. The second-order valence-corrected chi connectivity index (χ2v) is 9.00. The first-order valence-corrected chi connectivity index (χ1v) is 12.1. The van der Waals surface area contributed by atoms with Crippen molar-refractivity contribution in [3.8, 4) is 5.69 Å². The number of rotatable bonds is 6. The number of aromatic nitrogens is 3. The molecule has 1 atom stereocenters. The molecule has 1 unspecified atom stereocenters. The number of nitrogens with zero attached hydrogens (tertiary/aromatic N) is 4. The zero-order valence-electron chi connectivity index (χ0n) is 17.9. The standard InChI is InChI=1S/C24H27N5O2S/c30-22(25-21-12-6-8-18-7-4-5-11-20(18)21)17-32-24-27-26-23(28-13-15-31-16-14-28)29(24)19-9-2-1-3-10-19/h1-5,7,9-11,21H,6,8,12-17H2,(H,25,30). The molecule has 5 rings (SSSR count). The molecule has 2 heterocycles. The molecule has 0 radical (unpaired) electrons. The molecular weight excluding hydrogens is 422 g/mol. The maximum absolute atomic E-state index is 12.8. The summed E-state index contributed by atoms with van der Waals surface area (Å²) < 4.78 is 7.53. The van der Waals surface area contributed by atoms with E-state index in [4.69, 9.17) is 4.74 Å². The maximum atomic E-state index is 12.8. The Labute approximate surface area is 192 Å². The Bertz CT molecular complexity index is 1070. The Hall–Kier alpha value is -2.84. The third-order valence-corrected chi connectivity index (χ3v) is 6.89. The molecule has 166 valence electrons. The van der Waals surface area contributed by atoms with Crippen LogP contribution in [0.1, 0.15) is 30.0 Å². The number of amides is 1. The van der Waals surface area contributed by atoms with Crippen LogP contribution in [0.4, 0.5) is 5.95 Å². The van der Waals surface area contributed by atoms with Crippen LogP contribution in [0, 0.1) is 0 Å². The number of anilines is 1. The van der Waals surface area contributed by atoms with Crippen LogP contribution < -0.4 is 10.2 Å². The fourth-order valence-electron chi connectivity index (χ4n) is 4.40. The van der Waals surface area contributed by atoms with Gasteiger partial charge in [-0.05, 0) is 42.5 Å². The highest BCUT2D eigenvalue weighted by atomic mass is 32.2. The number of morpholine rings is 1. The third-order valence-electron chi connectivity index (χ3n) is 5.96. The quantitative estimate of drug-likeness (QED) is 0.582. The highest BCUT2D eigenvalue weighted by Crippen LogP contribution is 2.30. The smallest absolute Gasteiger partial charge is 0.232 e. The van der Waals surface area contributed by atoms with Crippen LogP contribution in [0.25, 0.3) is 5.69 Å². The summed E-state index contributed by atoms with van der Waals surface area (Å²) in [6.07, 6.45) is 3.16. The van der Waals surface area contributed by atoms with E-state index in [0.717, 1.165) is 49.1 Å². The molecule has 1 saturated heterocycles. The van der Waals surface area contributed by atoms with Gasteiger partial charge < -0.3 is 15.0 Å². The second-order valence-electron chi connectivity index (χ2n) is 8.05. The molecule has 32 heavy (non-hydrogen) atoms. The average molecular weight is 450 g/mol. The van der Waals surface area contributed by atoms with Gasteiger partial charge in [-0.2, -0.15) is 0 Å². The van der Waals surface area contributed by atoms with E-state index in [0.29, 0.717) is 19.0 Å². The zero-order valence-corrected chi connectivity index (χ0v) is 18.8. The van der Waals surface area contributed by atoms with E-state index in [2.05, 4.69) is 38.6 Å². The van der Waals surface area contributed by atoms with Crippen molar-refractivity contribution in [2.75, 3.05) is 37.0 Å².